The van der Waals surface area contributed by atoms with E-state index in [0.717, 1.165) is 44.3 Å². The van der Waals surface area contributed by atoms with Crippen molar-refractivity contribution in [2.75, 3.05) is 0 Å². The number of fused-ring (bicyclic) bond motifs is 6. The van der Waals surface area contributed by atoms with Crippen molar-refractivity contribution in [1.82, 2.24) is 29.9 Å². The Labute approximate surface area is 111 Å². The van der Waals surface area contributed by atoms with E-state index in [0.29, 0.717) is 0 Å². The number of aromatic nitrogens is 6. The van der Waals surface area contributed by atoms with Crippen LogP contribution in [0.3, 0.4) is 0 Å². The molecule has 5 heterocycles. The summed E-state index contributed by atoms with van der Waals surface area (Å²) >= 11 is 0. The molecule has 0 saturated heterocycles. The minimum absolute atomic E-state index is 0.741. The molecule has 5 aromatic heterocycles. The molecule has 5 aromatic rings. The van der Waals surface area contributed by atoms with Crippen molar-refractivity contribution in [2.45, 2.75) is 0 Å². The van der Waals surface area contributed by atoms with Crippen LogP contribution in [0.25, 0.3) is 44.3 Å². The van der Waals surface area contributed by atoms with Crippen LogP contribution in [0.15, 0.2) is 36.8 Å². The molecule has 0 aliphatic heterocycles. The van der Waals surface area contributed by atoms with Gasteiger partial charge in [-0.1, -0.05) is 0 Å². The number of hydrogen-bond acceptors (Lipinski definition) is 4. The summed E-state index contributed by atoms with van der Waals surface area (Å²) in [5.41, 5.74) is 5.87. The number of pyridine rings is 2. The Morgan fingerprint density at radius 3 is 2.70 bits per heavy atom. The van der Waals surface area contributed by atoms with Crippen molar-refractivity contribution >= 4 is 44.3 Å². The van der Waals surface area contributed by atoms with Crippen LogP contribution in [0, 0.1) is 0 Å². The zero-order valence-corrected chi connectivity index (χ0v) is 10.3. The molecule has 0 saturated carbocycles. The SMILES string of the molecule is c1cnc2c(c1)[nH]c1nc3[nH]c4cnccc4c3nc12. The summed E-state index contributed by atoms with van der Waals surface area (Å²) in [7, 11) is 0. The Bertz CT molecular complexity index is 1020. The van der Waals surface area contributed by atoms with E-state index in [4.69, 9.17) is 4.98 Å². The maximum atomic E-state index is 4.74. The highest BCUT2D eigenvalue weighted by Crippen LogP contribution is 2.26. The van der Waals surface area contributed by atoms with Crippen molar-refractivity contribution in [2.24, 2.45) is 0 Å². The highest BCUT2D eigenvalue weighted by Gasteiger charge is 2.12. The summed E-state index contributed by atoms with van der Waals surface area (Å²) < 4.78 is 0. The van der Waals surface area contributed by atoms with E-state index in [1.54, 1.807) is 18.6 Å². The van der Waals surface area contributed by atoms with E-state index in [2.05, 4.69) is 24.9 Å². The molecule has 0 aliphatic carbocycles. The summed E-state index contributed by atoms with van der Waals surface area (Å²) in [6, 6.07) is 5.81. The van der Waals surface area contributed by atoms with E-state index in [1.165, 1.54) is 0 Å². The van der Waals surface area contributed by atoms with Gasteiger partial charge in [0.2, 0.25) is 0 Å². The van der Waals surface area contributed by atoms with Crippen LogP contribution in [-0.4, -0.2) is 29.9 Å². The normalized spacial score (nSPS) is 12.0. The largest absolute Gasteiger partial charge is 0.337 e. The van der Waals surface area contributed by atoms with Crippen LogP contribution >= 0.6 is 0 Å². The van der Waals surface area contributed by atoms with Crippen molar-refractivity contribution in [3.8, 4) is 0 Å². The second kappa shape index (κ2) is 3.30. The van der Waals surface area contributed by atoms with Crippen LogP contribution in [-0.2, 0) is 0 Å². The first-order valence-corrected chi connectivity index (χ1v) is 6.26. The van der Waals surface area contributed by atoms with Crippen LogP contribution in [0.2, 0.25) is 0 Å². The lowest BCUT2D eigenvalue weighted by atomic mass is 10.3. The molecule has 0 bridgehead atoms. The van der Waals surface area contributed by atoms with Crippen LogP contribution in [0.5, 0.6) is 0 Å². The molecule has 2 N–H and O–H groups in total. The second-order valence-electron chi connectivity index (χ2n) is 4.69. The molecule has 0 aromatic carbocycles. The smallest absolute Gasteiger partial charge is 0.161 e. The number of rotatable bonds is 0. The molecule has 0 aliphatic rings. The molecule has 6 heteroatoms. The molecule has 0 fully saturated rings. The average Bonchev–Trinajstić information content (AvgIpc) is 3.02. The van der Waals surface area contributed by atoms with Gasteiger partial charge < -0.3 is 9.97 Å². The van der Waals surface area contributed by atoms with Gasteiger partial charge in [0.25, 0.3) is 0 Å². The van der Waals surface area contributed by atoms with Gasteiger partial charge in [0, 0.05) is 17.8 Å². The number of hydrogen-bond donors (Lipinski definition) is 2. The van der Waals surface area contributed by atoms with Gasteiger partial charge >= 0.3 is 0 Å². The standard InChI is InChI=1S/C14H8N6/c1-2-8-11(16-4-1)12-14(17-8)20-13-10(19-12)7-3-5-15-6-9(7)18-13/h1-6H,(H2,17,18,20). The zero-order valence-electron chi connectivity index (χ0n) is 10.3. The number of H-pyrrole nitrogens is 2. The van der Waals surface area contributed by atoms with Gasteiger partial charge in [-0.15, -0.1) is 0 Å². The van der Waals surface area contributed by atoms with Crippen LogP contribution in [0.4, 0.5) is 0 Å². The maximum Gasteiger partial charge on any atom is 0.161 e. The molecule has 20 heavy (non-hydrogen) atoms. The molecule has 94 valence electrons. The van der Waals surface area contributed by atoms with Gasteiger partial charge in [-0.25, -0.2) is 9.97 Å². The van der Waals surface area contributed by atoms with E-state index in [9.17, 15) is 0 Å². The maximum absolute atomic E-state index is 4.74. The minimum Gasteiger partial charge on any atom is -0.337 e. The monoisotopic (exact) mass is 260 g/mol. The van der Waals surface area contributed by atoms with E-state index in [1.807, 2.05) is 18.2 Å². The molecule has 5 rings (SSSR count). The van der Waals surface area contributed by atoms with Gasteiger partial charge in [-0.2, -0.15) is 0 Å². The highest BCUT2D eigenvalue weighted by atomic mass is 15.0. The van der Waals surface area contributed by atoms with Crippen molar-refractivity contribution in [3.63, 3.8) is 0 Å². The molecule has 0 spiro atoms. The second-order valence-corrected chi connectivity index (χ2v) is 4.69. The quantitative estimate of drug-likeness (QED) is 0.448. The van der Waals surface area contributed by atoms with Gasteiger partial charge in [-0.05, 0) is 18.2 Å². The Hall–Kier alpha value is -3.02. The van der Waals surface area contributed by atoms with Gasteiger partial charge in [-0.3, -0.25) is 9.97 Å². The van der Waals surface area contributed by atoms with Gasteiger partial charge in [0.15, 0.2) is 11.3 Å². The third-order valence-corrected chi connectivity index (χ3v) is 3.51. The number of nitrogens with zero attached hydrogens (tertiary/aromatic N) is 4. The minimum atomic E-state index is 0.741. The Balaban J connectivity index is 2.06. The van der Waals surface area contributed by atoms with E-state index < -0.39 is 0 Å². The fourth-order valence-electron chi connectivity index (χ4n) is 2.61. The van der Waals surface area contributed by atoms with Crippen molar-refractivity contribution < 1.29 is 0 Å². The average molecular weight is 260 g/mol. The fourth-order valence-corrected chi connectivity index (χ4v) is 2.61. The highest BCUT2D eigenvalue weighted by molar-refractivity contribution is 6.09. The van der Waals surface area contributed by atoms with Gasteiger partial charge in [0.1, 0.15) is 16.6 Å². The molecular weight excluding hydrogens is 252 g/mol. The first-order valence-electron chi connectivity index (χ1n) is 6.26. The van der Waals surface area contributed by atoms with Crippen molar-refractivity contribution in [1.29, 1.82) is 0 Å². The lowest BCUT2D eigenvalue weighted by molar-refractivity contribution is 1.31. The molecular formula is C14H8N6. The third kappa shape index (κ3) is 1.13. The van der Waals surface area contributed by atoms with E-state index in [-0.39, 0.29) is 0 Å². The predicted octanol–water partition coefficient (Wildman–Crippen LogP) is 2.54. The zero-order chi connectivity index (χ0) is 13.1. The summed E-state index contributed by atoms with van der Waals surface area (Å²) in [5.74, 6) is 0. The van der Waals surface area contributed by atoms with Crippen LogP contribution < -0.4 is 0 Å². The topological polar surface area (TPSA) is 83.1 Å². The Morgan fingerprint density at radius 2 is 1.70 bits per heavy atom. The Kier molecular flexibility index (Phi) is 1.62. The molecule has 6 nitrogen and oxygen atoms in total. The summed E-state index contributed by atoms with van der Waals surface area (Å²) in [6.45, 7) is 0. The third-order valence-electron chi connectivity index (χ3n) is 3.51. The summed E-state index contributed by atoms with van der Waals surface area (Å²) in [6.07, 6.45) is 5.30. The number of aromatic amines is 2. The van der Waals surface area contributed by atoms with Crippen LogP contribution in [0.1, 0.15) is 0 Å². The summed E-state index contributed by atoms with van der Waals surface area (Å²) in [5, 5.41) is 1.02. The molecule has 0 radical (unpaired) electrons. The first kappa shape index (κ1) is 9.85. The fraction of sp³-hybridized carbons (Fsp3) is 0. The van der Waals surface area contributed by atoms with Crippen molar-refractivity contribution in [3.05, 3.63) is 36.8 Å². The number of nitrogens with one attached hydrogen (secondary N) is 2. The molecule has 0 unspecified atom stereocenters. The molecule has 0 amide bonds. The lowest BCUT2D eigenvalue weighted by Crippen LogP contribution is -1.83. The van der Waals surface area contributed by atoms with E-state index >= 15 is 0 Å². The predicted molar refractivity (Wildman–Crippen MR) is 76.3 cm³/mol. The lowest BCUT2D eigenvalue weighted by Gasteiger charge is -1.91. The molecule has 0 atom stereocenters. The Morgan fingerprint density at radius 1 is 0.800 bits per heavy atom. The first-order chi connectivity index (χ1) is 9.90. The summed E-state index contributed by atoms with van der Waals surface area (Å²) in [4.78, 5) is 24.3. The van der Waals surface area contributed by atoms with Gasteiger partial charge in [0.05, 0.1) is 17.2 Å².